The standard InChI is InChI=1S/2C15H11N3.2C14H10N4.7ClH.Rh.2Ru/c2*1-3-10-16-12(6-1)14-8-5-9-15(18-14)13-7-2-4-11-17-13;2*1-3-7-15-11(5-1)13-14(18-10-9-17-13)12-6-2-4-8-16-12;;;;;;;;;;/h2*1-11H;2*1-10H;7*1H;;;/q;;;;;;;;;;;+3;2*+2/p-7. The molecule has 0 amide bonds. The van der Waals surface area contributed by atoms with E-state index in [0.717, 1.165) is 91.1 Å². The maximum absolute atomic E-state index is 4.59. The molecular formula is C58H42Cl7N14RhRu2. The van der Waals surface area contributed by atoms with E-state index < -0.39 is 0 Å². The van der Waals surface area contributed by atoms with Gasteiger partial charge in [0.15, 0.2) is 0 Å². The minimum absolute atomic E-state index is 0. The molecule has 0 spiro atoms. The van der Waals surface area contributed by atoms with E-state index in [0.29, 0.717) is 0 Å². The second-order valence-corrected chi connectivity index (χ2v) is 15.0. The van der Waals surface area contributed by atoms with Crippen molar-refractivity contribution in [3.63, 3.8) is 0 Å². The predicted octanol–water partition coefficient (Wildman–Crippen LogP) is -9.37. The Morgan fingerprint density at radius 2 is 0.317 bits per heavy atom. The third kappa shape index (κ3) is 22.4. The molecule has 0 saturated carbocycles. The van der Waals surface area contributed by atoms with E-state index in [1.54, 1.807) is 74.4 Å². The molecule has 0 saturated heterocycles. The Morgan fingerprint density at radius 1 is 0.159 bits per heavy atom. The van der Waals surface area contributed by atoms with Gasteiger partial charge in [0.1, 0.15) is 22.8 Å². The molecule has 0 aromatic carbocycles. The quantitative estimate of drug-likeness (QED) is 0.131. The Hall–Kier alpha value is -6.44. The van der Waals surface area contributed by atoms with Crippen molar-refractivity contribution in [2.75, 3.05) is 0 Å². The van der Waals surface area contributed by atoms with Gasteiger partial charge in [0.2, 0.25) is 0 Å². The van der Waals surface area contributed by atoms with Gasteiger partial charge in [-0.2, -0.15) is 0 Å². The van der Waals surface area contributed by atoms with Gasteiger partial charge in [-0.05, 0) is 121 Å². The van der Waals surface area contributed by atoms with Crippen LogP contribution in [0.1, 0.15) is 0 Å². The van der Waals surface area contributed by atoms with Crippen LogP contribution in [0, 0.1) is 0 Å². The minimum atomic E-state index is 0. The van der Waals surface area contributed by atoms with Crippen molar-refractivity contribution in [1.29, 1.82) is 0 Å². The summed E-state index contributed by atoms with van der Waals surface area (Å²) in [6.45, 7) is 0. The summed E-state index contributed by atoms with van der Waals surface area (Å²) in [6.07, 6.45) is 20.7. The molecule has 14 nitrogen and oxygen atoms in total. The van der Waals surface area contributed by atoms with Gasteiger partial charge in [0, 0.05) is 74.4 Å². The molecule has 24 heteroatoms. The molecule has 0 unspecified atom stereocenters. The fourth-order valence-electron chi connectivity index (χ4n) is 6.93. The van der Waals surface area contributed by atoms with Gasteiger partial charge in [0.25, 0.3) is 0 Å². The van der Waals surface area contributed by atoms with Gasteiger partial charge in [-0.3, -0.25) is 59.8 Å². The van der Waals surface area contributed by atoms with Crippen LogP contribution in [0.25, 0.3) is 91.1 Å². The zero-order chi connectivity index (χ0) is 48.8. The first kappa shape index (κ1) is 77.6. The SMILES string of the molecule is [Cl-].[Cl-].[Cl-].[Cl-].[Cl-].[Cl-].[Cl-].[Rh+3].[Ru+2].[Ru+2].c1ccc(-c2cccc(-c3ccccn3)n2)nc1.c1ccc(-c2cccc(-c3ccccn3)n2)nc1.c1ccc(-c2nccnc2-c2ccccn2)nc1.c1ccc(-c2nccnc2-c2ccccn2)nc1. The summed E-state index contributed by atoms with van der Waals surface area (Å²) in [5, 5.41) is 0. The molecule has 0 aliphatic carbocycles. The van der Waals surface area contributed by atoms with Gasteiger partial charge < -0.3 is 86.8 Å². The molecule has 12 rings (SSSR count). The number of halogens is 7. The van der Waals surface area contributed by atoms with Gasteiger partial charge in [-0.15, -0.1) is 0 Å². The first-order valence-corrected chi connectivity index (χ1v) is 22.6. The first-order valence-electron chi connectivity index (χ1n) is 22.6. The largest absolute Gasteiger partial charge is 3.00 e. The van der Waals surface area contributed by atoms with Crippen molar-refractivity contribution in [2.24, 2.45) is 0 Å². The van der Waals surface area contributed by atoms with E-state index >= 15 is 0 Å². The monoisotopic (exact) mass is 1490 g/mol. The van der Waals surface area contributed by atoms with E-state index in [-0.39, 0.29) is 145 Å². The molecule has 0 fully saturated rings. The van der Waals surface area contributed by atoms with Crippen LogP contribution in [-0.4, -0.2) is 69.8 Å². The molecule has 0 N–H and O–H groups in total. The molecule has 12 aromatic rings. The molecule has 0 radical (unpaired) electrons. The topological polar surface area (TPSA) is 180 Å². The normalized spacial score (nSPS) is 8.98. The summed E-state index contributed by atoms with van der Waals surface area (Å²) in [5.41, 5.74) is 13.1. The fourth-order valence-corrected chi connectivity index (χ4v) is 6.93. The Bertz CT molecular complexity index is 3090. The molecule has 82 heavy (non-hydrogen) atoms. The molecule has 418 valence electrons. The summed E-state index contributed by atoms with van der Waals surface area (Å²) < 4.78 is 0. The van der Waals surface area contributed by atoms with Crippen LogP contribution < -0.4 is 86.8 Å². The van der Waals surface area contributed by atoms with Gasteiger partial charge in [-0.1, -0.05) is 60.7 Å². The number of rotatable bonds is 8. The summed E-state index contributed by atoms with van der Waals surface area (Å²) in [4.78, 5) is 61.0. The van der Waals surface area contributed by atoms with Crippen LogP contribution in [0.2, 0.25) is 0 Å². The molecule has 0 aliphatic heterocycles. The molecule has 12 aromatic heterocycles. The Balaban J connectivity index is 0. The Labute approximate surface area is 557 Å². The van der Waals surface area contributed by atoms with Crippen LogP contribution in [0.4, 0.5) is 0 Å². The molecule has 0 aliphatic rings. The predicted molar refractivity (Wildman–Crippen MR) is 278 cm³/mol. The van der Waals surface area contributed by atoms with Crippen molar-refractivity contribution < 1.29 is 145 Å². The van der Waals surface area contributed by atoms with Crippen molar-refractivity contribution >= 4 is 0 Å². The van der Waals surface area contributed by atoms with Gasteiger partial charge in [-0.25, -0.2) is 9.97 Å². The fraction of sp³-hybridized carbons (Fsp3) is 0. The van der Waals surface area contributed by atoms with Gasteiger partial charge >= 0.3 is 58.4 Å². The van der Waals surface area contributed by atoms with Crippen LogP contribution in [0.3, 0.4) is 0 Å². The van der Waals surface area contributed by atoms with Crippen molar-refractivity contribution in [1.82, 2.24) is 69.8 Å². The Morgan fingerprint density at radius 3 is 0.476 bits per heavy atom. The third-order valence-corrected chi connectivity index (χ3v) is 10.2. The number of aromatic nitrogens is 14. The maximum Gasteiger partial charge on any atom is 3.00 e. The first-order chi connectivity index (χ1) is 35.8. The second-order valence-electron chi connectivity index (χ2n) is 15.0. The van der Waals surface area contributed by atoms with E-state index in [4.69, 9.17) is 0 Å². The minimum Gasteiger partial charge on any atom is -1.00 e. The Kier molecular flexibility index (Phi) is 40.1. The number of hydrogen-bond acceptors (Lipinski definition) is 14. The third-order valence-electron chi connectivity index (χ3n) is 10.2. The molecular weight excluding hydrogens is 1450 g/mol. The van der Waals surface area contributed by atoms with Crippen LogP contribution in [0.15, 0.2) is 256 Å². The average Bonchev–Trinajstić information content (AvgIpc) is 3.56. The van der Waals surface area contributed by atoms with Crippen molar-refractivity contribution in [2.45, 2.75) is 0 Å². The zero-order valence-electron chi connectivity index (χ0n) is 42.2. The average molecular weight is 1490 g/mol. The van der Waals surface area contributed by atoms with E-state index in [1.165, 1.54) is 0 Å². The summed E-state index contributed by atoms with van der Waals surface area (Å²) in [5.74, 6) is 0. The van der Waals surface area contributed by atoms with Crippen molar-refractivity contribution in [3.05, 3.63) is 256 Å². The van der Waals surface area contributed by atoms with E-state index in [9.17, 15) is 0 Å². The summed E-state index contributed by atoms with van der Waals surface area (Å²) in [6, 6.07) is 57.8. The van der Waals surface area contributed by atoms with Crippen LogP contribution >= 0.6 is 0 Å². The molecule has 12 heterocycles. The molecule has 0 atom stereocenters. The number of pyridine rings is 10. The summed E-state index contributed by atoms with van der Waals surface area (Å²) in [7, 11) is 0. The smallest absolute Gasteiger partial charge is 1.00 e. The maximum atomic E-state index is 4.59. The van der Waals surface area contributed by atoms with Crippen molar-refractivity contribution in [3.8, 4) is 91.1 Å². The number of nitrogens with zero attached hydrogens (tertiary/aromatic N) is 14. The van der Waals surface area contributed by atoms with Gasteiger partial charge in [0.05, 0.1) is 68.3 Å². The summed E-state index contributed by atoms with van der Waals surface area (Å²) >= 11 is 0. The second kappa shape index (κ2) is 42.4. The van der Waals surface area contributed by atoms with Crippen LogP contribution in [-0.2, 0) is 58.4 Å². The number of hydrogen-bond donors (Lipinski definition) is 0. The molecule has 0 bridgehead atoms. The zero-order valence-corrected chi connectivity index (χ0v) is 52.6. The van der Waals surface area contributed by atoms with Crippen LogP contribution in [0.5, 0.6) is 0 Å². The van der Waals surface area contributed by atoms with E-state index in [1.807, 2.05) is 182 Å². The van der Waals surface area contributed by atoms with E-state index in [2.05, 4.69) is 69.8 Å².